The molecule has 0 amide bonds. The van der Waals surface area contributed by atoms with E-state index in [0.29, 0.717) is 0 Å². The van der Waals surface area contributed by atoms with Gasteiger partial charge in [-0.2, -0.15) is 0 Å². The summed E-state index contributed by atoms with van der Waals surface area (Å²) in [5.74, 6) is 4.17. The summed E-state index contributed by atoms with van der Waals surface area (Å²) in [6, 6.07) is 8.92. The van der Waals surface area contributed by atoms with Crippen LogP contribution in [0.15, 0.2) is 29.6 Å². The summed E-state index contributed by atoms with van der Waals surface area (Å²) < 4.78 is 0. The number of halogens is 1. The monoisotopic (exact) mass is 427 g/mol. The van der Waals surface area contributed by atoms with Gasteiger partial charge in [-0.25, -0.2) is 4.98 Å². The standard InChI is InChI=1S/C24H30ClN3S/c25-22-4-2-1-3-21(22)24-26-20(15-29-24)14-27-5-7-28(8-6-27)23-18-10-16-9-17(12-18)13-19(23)11-16/h1-4,15-19,23H,5-14H2. The fourth-order valence-electron chi connectivity index (χ4n) is 7.08. The topological polar surface area (TPSA) is 19.4 Å². The van der Waals surface area contributed by atoms with Gasteiger partial charge in [-0.15, -0.1) is 11.3 Å². The van der Waals surface area contributed by atoms with Crippen molar-refractivity contribution >= 4 is 22.9 Å². The lowest BCUT2D eigenvalue weighted by Gasteiger charge is -2.58. The van der Waals surface area contributed by atoms with Crippen LogP contribution in [-0.4, -0.2) is 47.0 Å². The van der Waals surface area contributed by atoms with Gasteiger partial charge in [-0.05, 0) is 61.8 Å². The average molecular weight is 428 g/mol. The maximum atomic E-state index is 6.35. The molecule has 3 nitrogen and oxygen atoms in total. The predicted molar refractivity (Wildman–Crippen MR) is 120 cm³/mol. The van der Waals surface area contributed by atoms with Crippen LogP contribution in [0.5, 0.6) is 0 Å². The molecule has 0 atom stereocenters. The number of nitrogens with zero attached hydrogens (tertiary/aromatic N) is 3. The van der Waals surface area contributed by atoms with Gasteiger partial charge in [0.05, 0.1) is 10.7 Å². The lowest BCUT2D eigenvalue weighted by atomic mass is 9.54. The Balaban J connectivity index is 1.07. The van der Waals surface area contributed by atoms with E-state index in [1.54, 1.807) is 17.8 Å². The molecule has 0 spiro atoms. The molecule has 7 rings (SSSR count). The Morgan fingerprint density at radius 1 is 0.931 bits per heavy atom. The first-order chi connectivity index (χ1) is 14.2. The van der Waals surface area contributed by atoms with Crippen molar-refractivity contribution in [2.24, 2.45) is 23.7 Å². The number of piperazine rings is 1. The molecule has 1 aromatic carbocycles. The normalized spacial score (nSPS) is 34.7. The second-order valence-corrected chi connectivity index (χ2v) is 11.1. The van der Waals surface area contributed by atoms with E-state index in [1.165, 1.54) is 57.6 Å². The highest BCUT2D eigenvalue weighted by Gasteiger charge is 2.50. The van der Waals surface area contributed by atoms with E-state index in [4.69, 9.17) is 16.6 Å². The molecule has 1 aromatic heterocycles. The highest BCUT2D eigenvalue weighted by molar-refractivity contribution is 7.13. The van der Waals surface area contributed by atoms with Gasteiger partial charge in [0, 0.05) is 49.7 Å². The SMILES string of the molecule is Clc1ccccc1-c1nc(CN2CCN(C3C4CC5CC(C4)CC3C5)CC2)cs1. The van der Waals surface area contributed by atoms with E-state index >= 15 is 0 Å². The van der Waals surface area contributed by atoms with Gasteiger partial charge >= 0.3 is 0 Å². The van der Waals surface area contributed by atoms with Gasteiger partial charge in [-0.3, -0.25) is 9.80 Å². The molecule has 4 aliphatic carbocycles. The van der Waals surface area contributed by atoms with Crippen molar-refractivity contribution in [2.75, 3.05) is 26.2 Å². The minimum atomic E-state index is 0.790. The Bertz CT molecular complexity index is 845. The van der Waals surface area contributed by atoms with E-state index in [0.717, 1.165) is 51.9 Å². The van der Waals surface area contributed by atoms with E-state index in [9.17, 15) is 0 Å². The lowest BCUT2D eigenvalue weighted by molar-refractivity contribution is -0.0769. The van der Waals surface area contributed by atoms with Crippen LogP contribution in [0.2, 0.25) is 5.02 Å². The average Bonchev–Trinajstić information content (AvgIpc) is 3.17. The smallest absolute Gasteiger partial charge is 0.125 e. The molecule has 0 N–H and O–H groups in total. The molecule has 4 saturated carbocycles. The van der Waals surface area contributed by atoms with Crippen LogP contribution in [0.3, 0.4) is 0 Å². The zero-order valence-electron chi connectivity index (χ0n) is 17.0. The molecule has 29 heavy (non-hydrogen) atoms. The largest absolute Gasteiger partial charge is 0.297 e. The third-order valence-electron chi connectivity index (χ3n) is 8.05. The molecule has 0 unspecified atom stereocenters. The molecule has 154 valence electrons. The molecule has 2 heterocycles. The highest BCUT2D eigenvalue weighted by atomic mass is 35.5. The third kappa shape index (κ3) is 3.56. The maximum absolute atomic E-state index is 6.35. The molecule has 5 heteroatoms. The second kappa shape index (κ2) is 7.64. The van der Waals surface area contributed by atoms with Gasteiger partial charge in [0.25, 0.3) is 0 Å². The zero-order chi connectivity index (χ0) is 19.4. The third-order valence-corrected chi connectivity index (χ3v) is 9.30. The minimum Gasteiger partial charge on any atom is -0.297 e. The highest BCUT2D eigenvalue weighted by Crippen LogP contribution is 2.55. The van der Waals surface area contributed by atoms with E-state index in [1.807, 2.05) is 18.2 Å². The first-order valence-corrected chi connectivity index (χ1v) is 12.6. The maximum Gasteiger partial charge on any atom is 0.125 e. The summed E-state index contributed by atoms with van der Waals surface area (Å²) in [6.45, 7) is 5.82. The van der Waals surface area contributed by atoms with Gasteiger partial charge in [0.1, 0.15) is 5.01 Å². The van der Waals surface area contributed by atoms with Gasteiger partial charge in [0.2, 0.25) is 0 Å². The van der Waals surface area contributed by atoms with Gasteiger partial charge < -0.3 is 0 Å². The quantitative estimate of drug-likeness (QED) is 0.650. The molecule has 1 aliphatic heterocycles. The fourth-order valence-corrected chi connectivity index (χ4v) is 8.21. The molecular weight excluding hydrogens is 398 g/mol. The van der Waals surface area contributed by atoms with Gasteiger partial charge in [-0.1, -0.05) is 29.8 Å². The van der Waals surface area contributed by atoms with Crippen molar-refractivity contribution in [2.45, 2.75) is 44.7 Å². The number of hydrogen-bond acceptors (Lipinski definition) is 4. The molecule has 5 fully saturated rings. The first-order valence-electron chi connectivity index (χ1n) is 11.4. The Labute approximate surface area is 183 Å². The summed E-state index contributed by atoms with van der Waals surface area (Å²) >= 11 is 8.06. The number of aromatic nitrogens is 1. The molecule has 5 aliphatic rings. The van der Waals surface area contributed by atoms with Crippen molar-refractivity contribution in [1.29, 1.82) is 0 Å². The summed E-state index contributed by atoms with van der Waals surface area (Å²) in [4.78, 5) is 10.4. The Kier molecular flexibility index (Phi) is 4.95. The number of benzene rings is 1. The minimum absolute atomic E-state index is 0.790. The van der Waals surface area contributed by atoms with Crippen molar-refractivity contribution in [1.82, 2.24) is 14.8 Å². The number of rotatable bonds is 4. The van der Waals surface area contributed by atoms with Gasteiger partial charge in [0.15, 0.2) is 0 Å². The van der Waals surface area contributed by atoms with E-state index in [2.05, 4.69) is 21.2 Å². The number of thiazole rings is 1. The van der Waals surface area contributed by atoms with Crippen LogP contribution in [0.1, 0.15) is 37.8 Å². The lowest BCUT2D eigenvalue weighted by Crippen LogP contribution is -2.60. The van der Waals surface area contributed by atoms with E-state index in [-0.39, 0.29) is 0 Å². The van der Waals surface area contributed by atoms with Crippen molar-refractivity contribution in [3.63, 3.8) is 0 Å². The summed E-state index contributed by atoms with van der Waals surface area (Å²) in [7, 11) is 0. The molecule has 2 aromatic rings. The van der Waals surface area contributed by atoms with Crippen LogP contribution < -0.4 is 0 Å². The van der Waals surface area contributed by atoms with Crippen molar-refractivity contribution in [3.8, 4) is 10.6 Å². The second-order valence-electron chi connectivity index (χ2n) is 9.86. The number of hydrogen-bond donors (Lipinski definition) is 0. The summed E-state index contributed by atoms with van der Waals surface area (Å²) in [5, 5.41) is 4.04. The van der Waals surface area contributed by atoms with E-state index < -0.39 is 0 Å². The van der Waals surface area contributed by atoms with Crippen LogP contribution >= 0.6 is 22.9 Å². The molecule has 1 saturated heterocycles. The van der Waals surface area contributed by atoms with Crippen LogP contribution in [0.25, 0.3) is 10.6 Å². The zero-order valence-corrected chi connectivity index (χ0v) is 18.5. The molecule has 0 radical (unpaired) electrons. The summed E-state index contributed by atoms with van der Waals surface area (Å²) in [6.07, 6.45) is 7.67. The first kappa shape index (κ1) is 18.8. The van der Waals surface area contributed by atoms with Crippen molar-refractivity contribution < 1.29 is 0 Å². The van der Waals surface area contributed by atoms with Crippen molar-refractivity contribution in [3.05, 3.63) is 40.4 Å². The summed E-state index contributed by atoms with van der Waals surface area (Å²) in [5.41, 5.74) is 2.24. The molecule has 4 bridgehead atoms. The van der Waals surface area contributed by atoms with Crippen LogP contribution in [0, 0.1) is 23.7 Å². The van der Waals surface area contributed by atoms with Crippen LogP contribution in [0.4, 0.5) is 0 Å². The predicted octanol–water partition coefficient (Wildman–Crippen LogP) is 5.41. The van der Waals surface area contributed by atoms with Crippen LogP contribution in [-0.2, 0) is 6.54 Å². The molecular formula is C24H30ClN3S. The Morgan fingerprint density at radius 3 is 2.31 bits per heavy atom. The fraction of sp³-hybridized carbons (Fsp3) is 0.625. The Morgan fingerprint density at radius 2 is 1.62 bits per heavy atom. The Hall–Kier alpha value is -0.940.